The van der Waals surface area contributed by atoms with E-state index >= 15 is 0 Å². The molecule has 1 atom stereocenters. The van der Waals surface area contributed by atoms with Crippen molar-refractivity contribution >= 4 is 33.4 Å². The maximum atomic E-state index is 12.3. The average Bonchev–Trinajstić information content (AvgIpc) is 2.39. The Morgan fingerprint density at radius 2 is 2.05 bits per heavy atom. The molecule has 3 saturated heterocycles. The summed E-state index contributed by atoms with van der Waals surface area (Å²) in [6, 6.07) is 5.59. The SMILES string of the molecule is O=C(NC1CN2CCC1CC2)c1cc(Cl)cc(Br)c1. The number of nitrogens with zero attached hydrogens (tertiary/aromatic N) is 1. The van der Waals surface area contributed by atoms with Gasteiger partial charge in [-0.05, 0) is 50.0 Å². The lowest BCUT2D eigenvalue weighted by atomic mass is 9.84. The largest absolute Gasteiger partial charge is 0.348 e. The van der Waals surface area contributed by atoms with E-state index in [-0.39, 0.29) is 11.9 Å². The van der Waals surface area contributed by atoms with Gasteiger partial charge in [-0.3, -0.25) is 4.79 Å². The first-order valence-electron chi connectivity index (χ1n) is 6.61. The first-order chi connectivity index (χ1) is 9.11. The molecule has 19 heavy (non-hydrogen) atoms. The van der Waals surface area contributed by atoms with Crippen molar-refractivity contribution < 1.29 is 4.79 Å². The van der Waals surface area contributed by atoms with Crippen LogP contribution >= 0.6 is 27.5 Å². The highest BCUT2D eigenvalue weighted by Crippen LogP contribution is 2.28. The highest BCUT2D eigenvalue weighted by Gasteiger charge is 2.34. The number of carbonyl (C=O) groups is 1. The minimum Gasteiger partial charge on any atom is -0.348 e. The van der Waals surface area contributed by atoms with E-state index in [0.717, 1.165) is 11.0 Å². The van der Waals surface area contributed by atoms with Crippen molar-refractivity contribution in [2.45, 2.75) is 18.9 Å². The molecule has 0 radical (unpaired) electrons. The van der Waals surface area contributed by atoms with E-state index in [9.17, 15) is 4.79 Å². The molecule has 0 aliphatic carbocycles. The van der Waals surface area contributed by atoms with Gasteiger partial charge in [-0.15, -0.1) is 0 Å². The molecule has 3 heterocycles. The van der Waals surface area contributed by atoms with Gasteiger partial charge in [-0.1, -0.05) is 27.5 Å². The van der Waals surface area contributed by atoms with Crippen LogP contribution in [0.15, 0.2) is 22.7 Å². The van der Waals surface area contributed by atoms with Crippen molar-refractivity contribution in [1.82, 2.24) is 10.2 Å². The van der Waals surface area contributed by atoms with E-state index in [1.807, 2.05) is 6.07 Å². The standard InChI is InChI=1S/C14H16BrClN2O/c15-11-5-10(6-12(16)7-11)14(19)17-13-8-18-3-1-9(13)2-4-18/h5-7,9,13H,1-4,8H2,(H,17,19). The molecule has 0 aromatic heterocycles. The van der Waals surface area contributed by atoms with Crippen molar-refractivity contribution in [2.24, 2.45) is 5.92 Å². The minimum atomic E-state index is -0.0260. The van der Waals surface area contributed by atoms with E-state index in [1.165, 1.54) is 25.9 Å². The summed E-state index contributed by atoms with van der Waals surface area (Å²) >= 11 is 9.35. The van der Waals surface area contributed by atoms with E-state index < -0.39 is 0 Å². The highest BCUT2D eigenvalue weighted by atomic mass is 79.9. The maximum Gasteiger partial charge on any atom is 0.251 e. The molecular weight excluding hydrogens is 328 g/mol. The number of benzene rings is 1. The molecule has 102 valence electrons. The molecule has 2 bridgehead atoms. The average molecular weight is 344 g/mol. The van der Waals surface area contributed by atoms with Crippen LogP contribution in [0.5, 0.6) is 0 Å². The number of amides is 1. The number of hydrogen-bond donors (Lipinski definition) is 1. The molecule has 1 N–H and O–H groups in total. The summed E-state index contributed by atoms with van der Waals surface area (Å²) in [4.78, 5) is 14.7. The van der Waals surface area contributed by atoms with E-state index in [1.54, 1.807) is 12.1 Å². The predicted molar refractivity (Wildman–Crippen MR) is 79.6 cm³/mol. The topological polar surface area (TPSA) is 32.3 Å². The molecule has 3 aliphatic rings. The molecule has 1 unspecified atom stereocenters. The van der Waals surface area contributed by atoms with Crippen LogP contribution in [0.3, 0.4) is 0 Å². The Bertz CT molecular complexity index is 480. The molecule has 1 amide bonds. The molecular formula is C14H16BrClN2O. The lowest BCUT2D eigenvalue weighted by Crippen LogP contribution is -2.57. The van der Waals surface area contributed by atoms with Gasteiger partial charge < -0.3 is 10.2 Å². The second kappa shape index (κ2) is 5.43. The highest BCUT2D eigenvalue weighted by molar-refractivity contribution is 9.10. The van der Waals surface area contributed by atoms with Crippen molar-refractivity contribution in [3.8, 4) is 0 Å². The van der Waals surface area contributed by atoms with Gasteiger partial charge in [0.25, 0.3) is 5.91 Å². The Labute approximate surface area is 126 Å². The summed E-state index contributed by atoms with van der Waals surface area (Å²) in [5.41, 5.74) is 0.621. The maximum absolute atomic E-state index is 12.3. The summed E-state index contributed by atoms with van der Waals surface area (Å²) in [5.74, 6) is 0.610. The summed E-state index contributed by atoms with van der Waals surface area (Å²) in [6.07, 6.45) is 2.40. The van der Waals surface area contributed by atoms with Gasteiger partial charge >= 0.3 is 0 Å². The van der Waals surface area contributed by atoms with Crippen LogP contribution in [0.4, 0.5) is 0 Å². The van der Waals surface area contributed by atoms with Crippen LogP contribution in [0, 0.1) is 5.92 Å². The quantitative estimate of drug-likeness (QED) is 0.895. The monoisotopic (exact) mass is 342 g/mol. The number of rotatable bonds is 2. The van der Waals surface area contributed by atoms with E-state index in [2.05, 4.69) is 26.1 Å². The minimum absolute atomic E-state index is 0.0260. The molecule has 3 fully saturated rings. The predicted octanol–water partition coefficient (Wildman–Crippen LogP) is 2.93. The molecule has 4 rings (SSSR count). The molecule has 0 spiro atoms. The molecule has 1 aromatic rings. The van der Waals surface area contributed by atoms with Gasteiger partial charge in [-0.2, -0.15) is 0 Å². The van der Waals surface area contributed by atoms with Crippen molar-refractivity contribution in [3.05, 3.63) is 33.3 Å². The second-order valence-electron chi connectivity index (χ2n) is 5.38. The van der Waals surface area contributed by atoms with Gasteiger partial charge in [-0.25, -0.2) is 0 Å². The Kier molecular flexibility index (Phi) is 3.83. The first kappa shape index (κ1) is 13.4. The number of halogens is 2. The Hall–Kier alpha value is -0.580. The smallest absolute Gasteiger partial charge is 0.251 e. The van der Waals surface area contributed by atoms with E-state index in [4.69, 9.17) is 11.6 Å². The van der Waals surface area contributed by atoms with Gasteiger partial charge in [0.05, 0.1) is 0 Å². The van der Waals surface area contributed by atoms with Crippen LogP contribution < -0.4 is 5.32 Å². The zero-order chi connectivity index (χ0) is 13.4. The third kappa shape index (κ3) is 2.96. The molecule has 1 aromatic carbocycles. The summed E-state index contributed by atoms with van der Waals surface area (Å²) < 4.78 is 0.832. The second-order valence-corrected chi connectivity index (χ2v) is 6.73. The van der Waals surface area contributed by atoms with Crippen LogP contribution in [-0.2, 0) is 0 Å². The lowest BCUT2D eigenvalue weighted by molar-refractivity contribution is 0.0620. The fourth-order valence-corrected chi connectivity index (χ4v) is 3.93. The third-order valence-corrected chi connectivity index (χ3v) is 4.77. The van der Waals surface area contributed by atoms with Crippen LogP contribution in [-0.4, -0.2) is 36.5 Å². The number of carbonyl (C=O) groups excluding carboxylic acids is 1. The fourth-order valence-electron chi connectivity index (χ4n) is 3.07. The Morgan fingerprint density at radius 1 is 1.32 bits per heavy atom. The summed E-state index contributed by atoms with van der Waals surface area (Å²) in [5, 5.41) is 3.74. The van der Waals surface area contributed by atoms with Crippen molar-refractivity contribution in [2.75, 3.05) is 19.6 Å². The van der Waals surface area contributed by atoms with Gasteiger partial charge in [0, 0.05) is 27.6 Å². The van der Waals surface area contributed by atoms with Crippen molar-refractivity contribution in [1.29, 1.82) is 0 Å². The fraction of sp³-hybridized carbons (Fsp3) is 0.500. The normalized spacial score (nSPS) is 29.3. The third-order valence-electron chi connectivity index (χ3n) is 4.10. The Balaban J connectivity index is 1.71. The molecule has 5 heteroatoms. The summed E-state index contributed by atoms with van der Waals surface area (Å²) in [7, 11) is 0. The number of hydrogen-bond acceptors (Lipinski definition) is 2. The number of nitrogens with one attached hydrogen (secondary N) is 1. The summed E-state index contributed by atoms with van der Waals surface area (Å²) in [6.45, 7) is 3.34. The van der Waals surface area contributed by atoms with E-state index in [0.29, 0.717) is 16.5 Å². The van der Waals surface area contributed by atoms with Gasteiger partial charge in [0.2, 0.25) is 0 Å². The van der Waals surface area contributed by atoms with Crippen molar-refractivity contribution in [3.63, 3.8) is 0 Å². The molecule has 3 nitrogen and oxygen atoms in total. The van der Waals surface area contributed by atoms with Crippen LogP contribution in [0.2, 0.25) is 5.02 Å². The van der Waals surface area contributed by atoms with Gasteiger partial charge in [0.1, 0.15) is 0 Å². The number of piperidine rings is 3. The lowest BCUT2D eigenvalue weighted by Gasteiger charge is -2.44. The first-order valence-corrected chi connectivity index (χ1v) is 7.78. The van der Waals surface area contributed by atoms with Crippen LogP contribution in [0.25, 0.3) is 0 Å². The molecule has 0 saturated carbocycles. The number of fused-ring (bicyclic) bond motifs is 3. The molecule has 3 aliphatic heterocycles. The van der Waals surface area contributed by atoms with Gasteiger partial charge in [0.15, 0.2) is 0 Å². The Morgan fingerprint density at radius 3 is 2.63 bits per heavy atom. The zero-order valence-corrected chi connectivity index (χ0v) is 12.9. The van der Waals surface area contributed by atoms with Crippen LogP contribution in [0.1, 0.15) is 23.2 Å². The zero-order valence-electron chi connectivity index (χ0n) is 10.5.